The van der Waals surface area contributed by atoms with Gasteiger partial charge in [0.25, 0.3) is 0 Å². The number of ether oxygens (including phenoxy) is 1. The molecule has 3 aliphatic heterocycles. The zero-order valence-electron chi connectivity index (χ0n) is 12.1. The van der Waals surface area contributed by atoms with Crippen LogP contribution in [0.25, 0.3) is 0 Å². The van der Waals surface area contributed by atoms with E-state index in [9.17, 15) is 0 Å². The summed E-state index contributed by atoms with van der Waals surface area (Å²) in [5.41, 5.74) is 0.365. The third-order valence-electron chi connectivity index (χ3n) is 5.03. The van der Waals surface area contributed by atoms with Gasteiger partial charge in [-0.15, -0.1) is 0 Å². The summed E-state index contributed by atoms with van der Waals surface area (Å²) in [6.45, 7) is 11.8. The van der Waals surface area contributed by atoms with Gasteiger partial charge in [-0.1, -0.05) is 20.8 Å². The lowest BCUT2D eigenvalue weighted by Gasteiger charge is -2.41. The molecule has 0 aromatic carbocycles. The van der Waals surface area contributed by atoms with Crippen LogP contribution < -0.4 is 5.32 Å². The van der Waals surface area contributed by atoms with Crippen molar-refractivity contribution in [2.24, 2.45) is 11.3 Å². The van der Waals surface area contributed by atoms with Crippen molar-refractivity contribution < 1.29 is 4.74 Å². The second kappa shape index (κ2) is 4.77. The van der Waals surface area contributed by atoms with Crippen LogP contribution in [-0.4, -0.2) is 49.3 Å². The van der Waals surface area contributed by atoms with Crippen LogP contribution in [0.1, 0.15) is 40.0 Å². The molecule has 0 saturated carbocycles. The van der Waals surface area contributed by atoms with Crippen LogP contribution in [0.2, 0.25) is 0 Å². The average molecular weight is 252 g/mol. The molecule has 0 aromatic heterocycles. The Morgan fingerprint density at radius 2 is 2.11 bits per heavy atom. The first kappa shape index (κ1) is 12.9. The van der Waals surface area contributed by atoms with Gasteiger partial charge in [-0.05, 0) is 24.7 Å². The third kappa shape index (κ3) is 2.59. The molecule has 0 spiro atoms. The van der Waals surface area contributed by atoms with Crippen molar-refractivity contribution in [1.82, 2.24) is 10.2 Å². The maximum Gasteiger partial charge on any atom is 0.0621 e. The number of nitrogens with zero attached hydrogens (tertiary/aromatic N) is 1. The SMILES string of the molecule is CC(C)(C)C1CN(CC2CC3CCC2O3)CCN1. The molecule has 4 atom stereocenters. The number of nitrogens with one attached hydrogen (secondary N) is 1. The quantitative estimate of drug-likeness (QED) is 0.812. The third-order valence-corrected chi connectivity index (χ3v) is 5.03. The molecular formula is C15H28N2O. The second-order valence-corrected chi connectivity index (χ2v) is 7.50. The standard InChI is InChI=1S/C15H28N2O/c1-15(2,3)14-10-17(7-6-16-14)9-11-8-12-4-5-13(11)18-12/h11-14,16H,4-10H2,1-3H3. The molecule has 1 N–H and O–H groups in total. The highest BCUT2D eigenvalue weighted by molar-refractivity contribution is 4.93. The molecule has 2 bridgehead atoms. The topological polar surface area (TPSA) is 24.5 Å². The van der Waals surface area contributed by atoms with Crippen LogP contribution in [0, 0.1) is 11.3 Å². The van der Waals surface area contributed by atoms with Gasteiger partial charge < -0.3 is 15.0 Å². The van der Waals surface area contributed by atoms with E-state index >= 15 is 0 Å². The number of hydrogen-bond donors (Lipinski definition) is 1. The zero-order valence-corrected chi connectivity index (χ0v) is 12.1. The van der Waals surface area contributed by atoms with Crippen LogP contribution in [0.5, 0.6) is 0 Å². The molecule has 0 aliphatic carbocycles. The van der Waals surface area contributed by atoms with Crippen LogP contribution >= 0.6 is 0 Å². The first-order valence-corrected chi connectivity index (χ1v) is 7.63. The van der Waals surface area contributed by atoms with Crippen molar-refractivity contribution in [3.63, 3.8) is 0 Å². The van der Waals surface area contributed by atoms with E-state index in [1.807, 2.05) is 0 Å². The Morgan fingerprint density at radius 3 is 2.72 bits per heavy atom. The van der Waals surface area contributed by atoms with Crippen LogP contribution in [0.3, 0.4) is 0 Å². The lowest BCUT2D eigenvalue weighted by Crippen LogP contribution is -2.56. The lowest BCUT2D eigenvalue weighted by molar-refractivity contribution is 0.0724. The minimum atomic E-state index is 0.365. The summed E-state index contributed by atoms with van der Waals surface area (Å²) >= 11 is 0. The number of hydrogen-bond acceptors (Lipinski definition) is 3. The summed E-state index contributed by atoms with van der Waals surface area (Å²) < 4.78 is 5.98. The van der Waals surface area contributed by atoms with Gasteiger partial charge in [-0.25, -0.2) is 0 Å². The normalized spacial score (nSPS) is 41.5. The van der Waals surface area contributed by atoms with Gasteiger partial charge >= 0.3 is 0 Å². The fourth-order valence-corrected chi connectivity index (χ4v) is 3.82. The Labute approximate surface area is 111 Å². The Kier molecular flexibility index (Phi) is 3.41. The molecule has 3 rings (SSSR count). The molecule has 104 valence electrons. The Bertz CT molecular complexity index is 299. The molecule has 3 saturated heterocycles. The van der Waals surface area contributed by atoms with E-state index in [1.165, 1.54) is 38.9 Å². The van der Waals surface area contributed by atoms with E-state index < -0.39 is 0 Å². The summed E-state index contributed by atoms with van der Waals surface area (Å²) in [5.74, 6) is 0.808. The Balaban J connectivity index is 1.54. The molecule has 3 aliphatic rings. The van der Waals surface area contributed by atoms with Gasteiger partial charge in [-0.3, -0.25) is 0 Å². The highest BCUT2D eigenvalue weighted by Crippen LogP contribution is 2.39. The summed E-state index contributed by atoms with van der Waals surface area (Å²) in [6.07, 6.45) is 5.12. The molecule has 4 unspecified atom stereocenters. The highest BCUT2D eigenvalue weighted by atomic mass is 16.5. The maximum atomic E-state index is 5.98. The van der Waals surface area contributed by atoms with E-state index in [0.717, 1.165) is 12.5 Å². The minimum Gasteiger partial charge on any atom is -0.375 e. The minimum absolute atomic E-state index is 0.365. The molecule has 3 fully saturated rings. The van der Waals surface area contributed by atoms with Gasteiger partial charge in [0.2, 0.25) is 0 Å². The predicted molar refractivity (Wildman–Crippen MR) is 73.7 cm³/mol. The fraction of sp³-hybridized carbons (Fsp3) is 1.00. The molecule has 3 nitrogen and oxygen atoms in total. The zero-order chi connectivity index (χ0) is 12.8. The predicted octanol–water partition coefficient (Wildman–Crippen LogP) is 1.87. The molecule has 0 radical (unpaired) electrons. The van der Waals surface area contributed by atoms with Gasteiger partial charge in [0.1, 0.15) is 0 Å². The smallest absolute Gasteiger partial charge is 0.0621 e. The molecular weight excluding hydrogens is 224 g/mol. The van der Waals surface area contributed by atoms with Gasteiger partial charge in [0, 0.05) is 38.1 Å². The van der Waals surface area contributed by atoms with Crippen molar-refractivity contribution >= 4 is 0 Å². The van der Waals surface area contributed by atoms with E-state index in [1.54, 1.807) is 0 Å². The van der Waals surface area contributed by atoms with Crippen molar-refractivity contribution in [2.75, 3.05) is 26.2 Å². The molecule has 3 heteroatoms. The number of fused-ring (bicyclic) bond motifs is 2. The molecule has 18 heavy (non-hydrogen) atoms. The fourth-order valence-electron chi connectivity index (χ4n) is 3.82. The maximum absolute atomic E-state index is 5.98. The monoisotopic (exact) mass is 252 g/mol. The summed E-state index contributed by atoms with van der Waals surface area (Å²) in [4.78, 5) is 2.67. The van der Waals surface area contributed by atoms with Crippen molar-refractivity contribution in [2.45, 2.75) is 58.3 Å². The lowest BCUT2D eigenvalue weighted by atomic mass is 9.84. The van der Waals surface area contributed by atoms with Crippen LogP contribution in [0.15, 0.2) is 0 Å². The molecule has 0 amide bonds. The highest BCUT2D eigenvalue weighted by Gasteiger charge is 2.41. The van der Waals surface area contributed by atoms with E-state index in [-0.39, 0.29) is 0 Å². The van der Waals surface area contributed by atoms with E-state index in [0.29, 0.717) is 23.7 Å². The Morgan fingerprint density at radius 1 is 1.28 bits per heavy atom. The van der Waals surface area contributed by atoms with E-state index in [2.05, 4.69) is 31.0 Å². The summed E-state index contributed by atoms with van der Waals surface area (Å²) in [5, 5.41) is 3.67. The average Bonchev–Trinajstić information content (AvgIpc) is 2.90. The van der Waals surface area contributed by atoms with Crippen molar-refractivity contribution in [3.8, 4) is 0 Å². The molecule has 3 heterocycles. The van der Waals surface area contributed by atoms with Gasteiger partial charge in [0.15, 0.2) is 0 Å². The second-order valence-electron chi connectivity index (χ2n) is 7.50. The first-order chi connectivity index (χ1) is 8.52. The summed E-state index contributed by atoms with van der Waals surface area (Å²) in [7, 11) is 0. The van der Waals surface area contributed by atoms with E-state index in [4.69, 9.17) is 4.74 Å². The molecule has 0 aromatic rings. The number of piperazine rings is 1. The van der Waals surface area contributed by atoms with Crippen molar-refractivity contribution in [1.29, 1.82) is 0 Å². The van der Waals surface area contributed by atoms with Gasteiger partial charge in [-0.2, -0.15) is 0 Å². The first-order valence-electron chi connectivity index (χ1n) is 7.63. The Hall–Kier alpha value is -0.120. The number of rotatable bonds is 2. The van der Waals surface area contributed by atoms with Crippen LogP contribution in [0.4, 0.5) is 0 Å². The van der Waals surface area contributed by atoms with Gasteiger partial charge in [0.05, 0.1) is 12.2 Å². The largest absolute Gasteiger partial charge is 0.375 e. The van der Waals surface area contributed by atoms with Crippen LogP contribution in [-0.2, 0) is 4.74 Å². The van der Waals surface area contributed by atoms with Crippen molar-refractivity contribution in [3.05, 3.63) is 0 Å². The summed E-state index contributed by atoms with van der Waals surface area (Å²) in [6, 6.07) is 0.630.